The molecule has 0 aliphatic carbocycles. The van der Waals surface area contributed by atoms with E-state index in [4.69, 9.17) is 0 Å². The van der Waals surface area contributed by atoms with Crippen LogP contribution in [0.5, 0.6) is 0 Å². The first-order valence-electron chi connectivity index (χ1n) is 13.2. The van der Waals surface area contributed by atoms with Gasteiger partial charge in [0, 0.05) is 11.1 Å². The van der Waals surface area contributed by atoms with Gasteiger partial charge in [-0.25, -0.2) is 0 Å². The van der Waals surface area contributed by atoms with Crippen LogP contribution < -0.4 is 0 Å². The Morgan fingerprint density at radius 2 is 1.10 bits per heavy atom. The molecule has 0 amide bonds. The highest BCUT2D eigenvalue weighted by Crippen LogP contribution is 2.40. The number of hydrogen-bond donors (Lipinski definition) is 1. The molecule has 1 atom stereocenters. The normalized spacial score (nSPS) is 19.6. The number of likely N-dealkylation sites (tertiary alicyclic amines) is 1. The highest BCUT2D eigenvalue weighted by atomic mass is 16.4. The summed E-state index contributed by atoms with van der Waals surface area (Å²) < 4.78 is 0. The van der Waals surface area contributed by atoms with Gasteiger partial charge >= 0.3 is 5.97 Å². The molecule has 1 aliphatic heterocycles. The van der Waals surface area contributed by atoms with E-state index in [-0.39, 0.29) is 17.1 Å². The molecule has 0 aromatic heterocycles. The van der Waals surface area contributed by atoms with Crippen LogP contribution in [0.2, 0.25) is 0 Å². The van der Waals surface area contributed by atoms with Crippen LogP contribution in [0.25, 0.3) is 0 Å². The van der Waals surface area contributed by atoms with Crippen LogP contribution in [-0.4, -0.2) is 33.1 Å². The summed E-state index contributed by atoms with van der Waals surface area (Å²) in [6.45, 7) is 11.2. The molecule has 178 valence electrons. The topological polar surface area (TPSA) is 40.5 Å². The van der Waals surface area contributed by atoms with Gasteiger partial charge in [0.25, 0.3) is 0 Å². The number of hydrogen-bond acceptors (Lipinski definition) is 2. The van der Waals surface area contributed by atoms with Crippen LogP contribution in [0.4, 0.5) is 0 Å². The molecule has 0 aromatic rings. The van der Waals surface area contributed by atoms with Crippen LogP contribution in [0, 0.1) is 0 Å². The van der Waals surface area contributed by atoms with Crippen molar-refractivity contribution in [3.63, 3.8) is 0 Å². The average molecular weight is 424 g/mol. The monoisotopic (exact) mass is 423 g/mol. The predicted octanol–water partition coefficient (Wildman–Crippen LogP) is 8.35. The van der Waals surface area contributed by atoms with Crippen molar-refractivity contribution in [1.82, 2.24) is 4.90 Å². The van der Waals surface area contributed by atoms with Crippen molar-refractivity contribution in [1.29, 1.82) is 0 Å². The second-order valence-corrected chi connectivity index (χ2v) is 11.1. The first-order valence-corrected chi connectivity index (χ1v) is 13.2. The number of nitrogens with zero attached hydrogens (tertiary/aromatic N) is 1. The molecule has 1 heterocycles. The lowest BCUT2D eigenvalue weighted by molar-refractivity contribution is -0.154. The molecule has 0 aromatic carbocycles. The van der Waals surface area contributed by atoms with E-state index in [1.54, 1.807) is 0 Å². The molecule has 1 aliphatic rings. The van der Waals surface area contributed by atoms with Gasteiger partial charge < -0.3 is 5.11 Å². The van der Waals surface area contributed by atoms with Gasteiger partial charge in [0.2, 0.25) is 0 Å². The van der Waals surface area contributed by atoms with Crippen molar-refractivity contribution in [3.8, 4) is 0 Å². The number of rotatable bonds is 17. The van der Waals surface area contributed by atoms with Crippen LogP contribution in [-0.2, 0) is 4.79 Å². The van der Waals surface area contributed by atoms with Crippen molar-refractivity contribution >= 4 is 5.97 Å². The Balaban J connectivity index is 2.16. The van der Waals surface area contributed by atoms with E-state index in [2.05, 4.69) is 39.5 Å². The van der Waals surface area contributed by atoms with Crippen LogP contribution in [0.1, 0.15) is 150 Å². The van der Waals surface area contributed by atoms with Crippen LogP contribution in [0.3, 0.4) is 0 Å². The molecule has 3 heteroatoms. The van der Waals surface area contributed by atoms with Gasteiger partial charge in [0.1, 0.15) is 6.04 Å². The van der Waals surface area contributed by atoms with E-state index in [9.17, 15) is 9.90 Å². The van der Waals surface area contributed by atoms with E-state index in [1.807, 2.05) is 0 Å². The standard InChI is InChI=1S/C27H53NO2/c1-6-7-8-9-10-11-12-13-14-15-16-17-18-19-21-24(25(29)30)28-26(2,3)22-20-23-27(28,4)5/h24H,6-23H2,1-5H3,(H,29,30). The Morgan fingerprint density at radius 3 is 1.47 bits per heavy atom. The molecule has 0 saturated carbocycles. The Morgan fingerprint density at radius 1 is 0.733 bits per heavy atom. The number of carbonyl (C=O) groups is 1. The minimum absolute atomic E-state index is 0.0270. The lowest BCUT2D eigenvalue weighted by Crippen LogP contribution is -2.64. The Labute approximate surface area is 188 Å². The molecular formula is C27H53NO2. The van der Waals surface area contributed by atoms with Gasteiger partial charge in [0.05, 0.1) is 0 Å². The fraction of sp³-hybridized carbons (Fsp3) is 0.963. The maximum Gasteiger partial charge on any atom is 0.320 e. The van der Waals surface area contributed by atoms with E-state index >= 15 is 0 Å². The second kappa shape index (κ2) is 14.5. The lowest BCUT2D eigenvalue weighted by Gasteiger charge is -2.55. The summed E-state index contributed by atoms with van der Waals surface area (Å²) >= 11 is 0. The van der Waals surface area contributed by atoms with E-state index < -0.39 is 5.97 Å². The maximum atomic E-state index is 12.1. The quantitative estimate of drug-likeness (QED) is 0.239. The Bertz CT molecular complexity index is 442. The second-order valence-electron chi connectivity index (χ2n) is 11.1. The van der Waals surface area contributed by atoms with E-state index in [0.29, 0.717) is 0 Å². The first-order chi connectivity index (χ1) is 14.2. The maximum absolute atomic E-state index is 12.1. The third-order valence-corrected chi connectivity index (χ3v) is 7.31. The number of aliphatic carboxylic acids is 1. The molecule has 1 unspecified atom stereocenters. The predicted molar refractivity (Wildman–Crippen MR) is 130 cm³/mol. The van der Waals surface area contributed by atoms with Crippen LogP contribution in [0.15, 0.2) is 0 Å². The lowest BCUT2D eigenvalue weighted by atomic mass is 9.78. The summed E-state index contributed by atoms with van der Waals surface area (Å²) in [6.07, 6.45) is 22.9. The highest BCUT2D eigenvalue weighted by Gasteiger charge is 2.46. The van der Waals surface area contributed by atoms with Gasteiger partial charge in [-0.15, -0.1) is 0 Å². The van der Waals surface area contributed by atoms with E-state index in [1.165, 1.54) is 89.9 Å². The summed E-state index contributed by atoms with van der Waals surface area (Å²) in [5.41, 5.74) is -0.0540. The summed E-state index contributed by atoms with van der Waals surface area (Å²) in [6, 6.07) is -0.340. The Hall–Kier alpha value is -0.570. The first kappa shape index (κ1) is 27.5. The zero-order valence-electron chi connectivity index (χ0n) is 21.1. The SMILES string of the molecule is CCCCCCCCCCCCCCCCC(C(=O)O)N1C(C)(C)CCCC1(C)C. The van der Waals surface area contributed by atoms with Gasteiger partial charge in [-0.1, -0.05) is 96.8 Å². The largest absolute Gasteiger partial charge is 0.480 e. The van der Waals surface area contributed by atoms with Gasteiger partial charge in [-0.05, 0) is 53.4 Å². The van der Waals surface area contributed by atoms with E-state index in [0.717, 1.165) is 25.7 Å². The zero-order chi connectivity index (χ0) is 22.5. The molecule has 0 bridgehead atoms. The molecule has 1 rings (SSSR count). The molecule has 0 spiro atoms. The molecule has 3 nitrogen and oxygen atoms in total. The molecular weight excluding hydrogens is 370 g/mol. The summed E-state index contributed by atoms with van der Waals surface area (Å²) in [5.74, 6) is -0.632. The highest BCUT2D eigenvalue weighted by molar-refractivity contribution is 5.73. The number of unbranched alkanes of at least 4 members (excludes halogenated alkanes) is 13. The fourth-order valence-corrected chi connectivity index (χ4v) is 5.75. The molecule has 1 saturated heterocycles. The Kier molecular flexibility index (Phi) is 13.3. The van der Waals surface area contributed by atoms with Gasteiger partial charge in [-0.3, -0.25) is 9.69 Å². The third kappa shape index (κ3) is 10.2. The zero-order valence-corrected chi connectivity index (χ0v) is 21.1. The van der Waals surface area contributed by atoms with Crippen molar-refractivity contribution in [3.05, 3.63) is 0 Å². The molecule has 0 radical (unpaired) electrons. The van der Waals surface area contributed by atoms with Crippen molar-refractivity contribution < 1.29 is 9.90 Å². The summed E-state index contributed by atoms with van der Waals surface area (Å²) in [4.78, 5) is 14.4. The molecule has 1 N–H and O–H groups in total. The van der Waals surface area contributed by atoms with Crippen molar-refractivity contribution in [2.75, 3.05) is 0 Å². The minimum atomic E-state index is -0.632. The summed E-state index contributed by atoms with van der Waals surface area (Å²) in [5, 5.41) is 9.95. The molecule has 1 fully saturated rings. The average Bonchev–Trinajstić information content (AvgIpc) is 2.65. The van der Waals surface area contributed by atoms with Gasteiger partial charge in [0.15, 0.2) is 0 Å². The van der Waals surface area contributed by atoms with Crippen LogP contribution >= 0.6 is 0 Å². The number of piperidine rings is 1. The number of carboxylic acids is 1. The third-order valence-electron chi connectivity index (χ3n) is 7.31. The van der Waals surface area contributed by atoms with Crippen molar-refractivity contribution in [2.45, 2.75) is 167 Å². The fourth-order valence-electron chi connectivity index (χ4n) is 5.75. The minimum Gasteiger partial charge on any atom is -0.480 e. The van der Waals surface area contributed by atoms with Gasteiger partial charge in [-0.2, -0.15) is 0 Å². The smallest absolute Gasteiger partial charge is 0.320 e. The summed E-state index contributed by atoms with van der Waals surface area (Å²) in [7, 11) is 0. The van der Waals surface area contributed by atoms with Crippen molar-refractivity contribution in [2.24, 2.45) is 0 Å². The number of carboxylic acid groups (broad SMARTS) is 1. The molecule has 30 heavy (non-hydrogen) atoms.